The van der Waals surface area contributed by atoms with Gasteiger partial charge in [-0.15, -0.1) is 0 Å². The molecule has 0 spiro atoms. The quantitative estimate of drug-likeness (QED) is 0.0276. The summed E-state index contributed by atoms with van der Waals surface area (Å²) in [5, 5.41) is 2.59. The molecule has 0 saturated carbocycles. The number of guanidine groups is 1. The first-order valence-corrected chi connectivity index (χ1v) is 18.1. The summed E-state index contributed by atoms with van der Waals surface area (Å²) < 4.78 is 16.4. The highest BCUT2D eigenvalue weighted by Gasteiger charge is 2.26. The molecule has 0 unspecified atom stereocenters. The average molecular weight is 691 g/mol. The number of carbonyl (C=O) groups excluding carboxylic acids is 4. The van der Waals surface area contributed by atoms with Crippen molar-refractivity contribution in [3.63, 3.8) is 0 Å². The minimum atomic E-state index is -0.992. The van der Waals surface area contributed by atoms with Crippen LogP contribution in [0.5, 0.6) is 0 Å². The highest BCUT2D eigenvalue weighted by Crippen LogP contribution is 2.13. The van der Waals surface area contributed by atoms with Crippen molar-refractivity contribution in [3.8, 4) is 0 Å². The van der Waals surface area contributed by atoms with E-state index in [1.54, 1.807) is 0 Å². The second-order valence-corrected chi connectivity index (χ2v) is 12.4. The molecule has 0 aromatic carbocycles. The summed E-state index contributed by atoms with van der Waals surface area (Å²) in [7, 11) is 0. The molecular weight excluding hydrogens is 624 g/mol. The molecule has 276 valence electrons. The van der Waals surface area contributed by atoms with Crippen molar-refractivity contribution in [1.29, 1.82) is 0 Å². The lowest BCUT2D eigenvalue weighted by molar-refractivity contribution is -0.459. The summed E-state index contributed by atoms with van der Waals surface area (Å²) in [5.74, 6) is -1.80. The fourth-order valence-electron chi connectivity index (χ4n) is 5.07. The van der Waals surface area contributed by atoms with Gasteiger partial charge >= 0.3 is 23.9 Å². The van der Waals surface area contributed by atoms with Crippen LogP contribution in [0.2, 0.25) is 0 Å². The molecule has 1 atom stereocenters. The van der Waals surface area contributed by atoms with Crippen LogP contribution in [0.1, 0.15) is 162 Å². The van der Waals surface area contributed by atoms with Gasteiger partial charge in [0.1, 0.15) is 19.3 Å². The van der Waals surface area contributed by atoms with Gasteiger partial charge < -0.3 is 31.9 Å². The Morgan fingerprint density at radius 1 is 0.638 bits per heavy atom. The highest BCUT2D eigenvalue weighted by molar-refractivity contribution is 5.83. The smallest absolute Gasteiger partial charge is 0.338 e. The Morgan fingerprint density at radius 2 is 1.04 bits per heavy atom. The van der Waals surface area contributed by atoms with Crippen LogP contribution in [0.3, 0.4) is 0 Å². The van der Waals surface area contributed by atoms with E-state index in [9.17, 15) is 19.2 Å². The monoisotopic (exact) mass is 690 g/mol. The Morgan fingerprint density at radius 3 is 1.43 bits per heavy atom. The van der Waals surface area contributed by atoms with Gasteiger partial charge in [0.2, 0.25) is 5.91 Å². The summed E-state index contributed by atoms with van der Waals surface area (Å²) in [6, 6.07) is -0.934. The summed E-state index contributed by atoms with van der Waals surface area (Å²) in [4.78, 5) is 52.4. The predicted molar refractivity (Wildman–Crippen MR) is 182 cm³/mol. The molecule has 0 saturated heterocycles. The van der Waals surface area contributed by atoms with Gasteiger partial charge in [-0.2, -0.15) is 0 Å². The van der Waals surface area contributed by atoms with Crippen LogP contribution in [0.15, 0.2) is 0 Å². The minimum absolute atomic E-state index is 0. The van der Waals surface area contributed by atoms with E-state index >= 15 is 0 Å². The van der Waals surface area contributed by atoms with E-state index in [-0.39, 0.29) is 62.8 Å². The lowest BCUT2D eigenvalue weighted by atomic mass is 10.1. The van der Waals surface area contributed by atoms with Gasteiger partial charge in [0.25, 0.3) is 0 Å². The molecule has 6 N–H and O–H groups in total. The van der Waals surface area contributed by atoms with Crippen LogP contribution in [-0.2, 0) is 33.4 Å². The fourth-order valence-corrected chi connectivity index (χ4v) is 5.07. The van der Waals surface area contributed by atoms with E-state index in [0.29, 0.717) is 13.0 Å². The van der Waals surface area contributed by atoms with Crippen molar-refractivity contribution in [2.75, 3.05) is 19.8 Å². The van der Waals surface area contributed by atoms with Gasteiger partial charge in [-0.25, -0.2) is 4.79 Å². The summed E-state index contributed by atoms with van der Waals surface area (Å²) in [5.41, 5.74) is 10.8. The molecule has 0 heterocycles. The van der Waals surface area contributed by atoms with Crippen molar-refractivity contribution < 1.29 is 50.8 Å². The Hall–Kier alpha value is -2.56. The molecule has 11 nitrogen and oxygen atoms in total. The van der Waals surface area contributed by atoms with Crippen LogP contribution in [0.4, 0.5) is 0 Å². The first-order chi connectivity index (χ1) is 22.2. The van der Waals surface area contributed by atoms with Crippen molar-refractivity contribution in [1.82, 2.24) is 5.32 Å². The van der Waals surface area contributed by atoms with Crippen LogP contribution in [0.25, 0.3) is 0 Å². The molecule has 0 aliphatic heterocycles. The van der Waals surface area contributed by atoms with E-state index in [0.717, 1.165) is 38.5 Å². The fraction of sp³-hybridized carbons (Fsp3) is 0.857. The van der Waals surface area contributed by atoms with Gasteiger partial charge in [-0.3, -0.25) is 30.8 Å². The molecule has 47 heavy (non-hydrogen) atoms. The number of halogens is 1. The van der Waals surface area contributed by atoms with E-state index in [1.807, 2.05) is 0 Å². The maximum atomic E-state index is 13.0. The maximum Gasteiger partial charge on any atom is 0.338 e. The number of nitrogens with two attached hydrogens (primary N) is 2. The molecule has 0 bridgehead atoms. The van der Waals surface area contributed by atoms with E-state index < -0.39 is 24.0 Å². The molecular formula is C35H67ClN4O7. The van der Waals surface area contributed by atoms with E-state index in [4.69, 9.17) is 25.7 Å². The Kier molecular flexibility index (Phi) is 33.0. The lowest BCUT2D eigenvalue weighted by Gasteiger charge is -2.22. The normalized spacial score (nSPS) is 11.3. The van der Waals surface area contributed by atoms with Crippen molar-refractivity contribution in [2.45, 2.75) is 174 Å². The Balaban J connectivity index is 0. The van der Waals surface area contributed by atoms with Crippen molar-refractivity contribution in [3.05, 3.63) is 0 Å². The van der Waals surface area contributed by atoms with Gasteiger partial charge in [0.05, 0.1) is 6.54 Å². The van der Waals surface area contributed by atoms with Crippen molar-refractivity contribution >= 4 is 29.8 Å². The van der Waals surface area contributed by atoms with Crippen molar-refractivity contribution in [2.24, 2.45) is 11.5 Å². The highest BCUT2D eigenvalue weighted by atomic mass is 35.5. The molecule has 0 aliphatic rings. The van der Waals surface area contributed by atoms with Crippen LogP contribution in [0, 0.1) is 0 Å². The number of carbonyl (C=O) groups is 4. The number of hydrogen-bond donors (Lipinski definition) is 4. The zero-order valence-electron chi connectivity index (χ0n) is 29.7. The van der Waals surface area contributed by atoms with Gasteiger partial charge in [-0.05, 0) is 25.7 Å². The number of nitrogens with one attached hydrogen (secondary N) is 2. The number of esters is 3. The van der Waals surface area contributed by atoms with Crippen LogP contribution < -0.4 is 34.2 Å². The molecule has 0 aromatic heterocycles. The summed E-state index contributed by atoms with van der Waals surface area (Å²) in [6.45, 7) is 5.66. The number of hydrogen-bond acceptors (Lipinski definition) is 7. The number of amides is 1. The molecule has 0 aliphatic carbocycles. The maximum absolute atomic E-state index is 13.0. The number of unbranched alkanes of at least 4 members (excludes halogenated alkanes) is 16. The lowest BCUT2D eigenvalue weighted by Crippen LogP contribution is -3.00. The zero-order chi connectivity index (χ0) is 34.3. The third-order valence-corrected chi connectivity index (χ3v) is 7.77. The largest absolute Gasteiger partial charge is 1.00 e. The second kappa shape index (κ2) is 33.3. The standard InChI is InChI=1S/C35H66N4O7.ClH/c1-4-6-8-10-12-14-16-18-20-24-32(41)44-27-30(28-45-33(42)25-21-19-17-15-13-11-9-7-5-2)46-34(43)31(39-29(3)40)23-22-26-38-35(36)37;/h30-31H,4-28H2,1-3H3,(H,39,40)(H4,36,37,38);1H/t31-;/m0./s1. The van der Waals surface area contributed by atoms with Crippen LogP contribution >= 0.6 is 0 Å². The molecule has 1 amide bonds. The number of ether oxygens (including phenoxy) is 3. The first kappa shape index (κ1) is 46.6. The Labute approximate surface area is 290 Å². The molecule has 0 rings (SSSR count). The minimum Gasteiger partial charge on any atom is -1.00 e. The van der Waals surface area contributed by atoms with E-state index in [2.05, 4.69) is 24.2 Å². The average Bonchev–Trinajstić information content (AvgIpc) is 3.01. The molecule has 0 radical (unpaired) electrons. The number of rotatable bonds is 31. The topological polar surface area (TPSA) is 174 Å². The molecule has 12 heteroatoms. The van der Waals surface area contributed by atoms with E-state index in [1.165, 1.54) is 84.0 Å². The molecule has 0 aromatic rings. The van der Waals surface area contributed by atoms with Gasteiger partial charge in [0, 0.05) is 19.8 Å². The molecule has 0 fully saturated rings. The van der Waals surface area contributed by atoms with Crippen LogP contribution in [-0.4, -0.2) is 61.7 Å². The summed E-state index contributed by atoms with van der Waals surface area (Å²) >= 11 is 0. The SMILES string of the molecule is CCCCCCCCCCCC(=O)OCC(COC(=O)CCCCCCCCCCC)OC(=O)[C@H](CCC[NH+]=C(N)N)NC(C)=O.[Cl-]. The second-order valence-electron chi connectivity index (χ2n) is 12.4. The third kappa shape index (κ3) is 31.8. The Bertz CT molecular complexity index is 803. The first-order valence-electron chi connectivity index (χ1n) is 18.1. The predicted octanol–water partition coefficient (Wildman–Crippen LogP) is 1.47. The van der Waals surface area contributed by atoms with Gasteiger partial charge in [-0.1, -0.05) is 117 Å². The summed E-state index contributed by atoms with van der Waals surface area (Å²) in [6.07, 6.45) is 20.8. The third-order valence-electron chi connectivity index (χ3n) is 7.77. The van der Waals surface area contributed by atoms with Gasteiger partial charge in [0.15, 0.2) is 6.10 Å². The zero-order valence-corrected chi connectivity index (χ0v) is 30.5.